The molecule has 2 aromatic rings. The monoisotopic (exact) mass is 238 g/mol. The first-order valence-electron chi connectivity index (χ1n) is 5.83. The lowest BCUT2D eigenvalue weighted by Gasteiger charge is -2.15. The Bertz CT molecular complexity index is 613. The summed E-state index contributed by atoms with van der Waals surface area (Å²) in [6, 6.07) is 15.9. The van der Waals surface area contributed by atoms with E-state index in [2.05, 4.69) is 11.4 Å². The van der Waals surface area contributed by atoms with Crippen LogP contribution in [0.3, 0.4) is 0 Å². The molecule has 0 aromatic heterocycles. The van der Waals surface area contributed by atoms with Crippen molar-refractivity contribution in [2.75, 3.05) is 0 Å². The van der Waals surface area contributed by atoms with Gasteiger partial charge >= 0.3 is 0 Å². The van der Waals surface area contributed by atoms with Crippen molar-refractivity contribution in [2.24, 2.45) is 0 Å². The largest absolute Gasteiger partial charge is 0.348 e. The number of amides is 1. The molecule has 0 aliphatic heterocycles. The minimum atomic E-state index is -0.239. The minimum Gasteiger partial charge on any atom is -0.348 e. The highest BCUT2D eigenvalue weighted by Gasteiger charge is 2.12. The Morgan fingerprint density at radius 2 is 2.00 bits per heavy atom. The summed E-state index contributed by atoms with van der Waals surface area (Å²) in [4.78, 5) is 11.1. The zero-order chi connectivity index (χ0) is 13.0. The third kappa shape index (κ3) is 2.67. The van der Waals surface area contributed by atoms with Gasteiger partial charge in [0.2, 0.25) is 5.91 Å². The molecule has 0 aliphatic rings. The predicted octanol–water partition coefficient (Wildman–Crippen LogP) is 2.93. The van der Waals surface area contributed by atoms with Gasteiger partial charge in [0.1, 0.15) is 0 Å². The Labute approximate surface area is 106 Å². The van der Waals surface area contributed by atoms with E-state index in [0.717, 1.165) is 16.3 Å². The Hall–Kier alpha value is -2.34. The van der Waals surface area contributed by atoms with E-state index in [4.69, 9.17) is 5.26 Å². The smallest absolute Gasteiger partial charge is 0.217 e. The fourth-order valence-electron chi connectivity index (χ4n) is 2.01. The minimum absolute atomic E-state index is 0.122. The van der Waals surface area contributed by atoms with Crippen LogP contribution in [0.1, 0.15) is 24.9 Å². The molecule has 3 nitrogen and oxygen atoms in total. The highest BCUT2D eigenvalue weighted by atomic mass is 16.1. The molecule has 0 saturated heterocycles. The van der Waals surface area contributed by atoms with Gasteiger partial charge in [0.25, 0.3) is 0 Å². The summed E-state index contributed by atoms with van der Waals surface area (Å²) in [6.07, 6.45) is 0.276. The molecule has 1 N–H and O–H groups in total. The summed E-state index contributed by atoms with van der Waals surface area (Å²) in [7, 11) is 0. The summed E-state index contributed by atoms with van der Waals surface area (Å²) in [6.45, 7) is 1.46. The summed E-state index contributed by atoms with van der Waals surface area (Å²) >= 11 is 0. The molecule has 18 heavy (non-hydrogen) atoms. The Morgan fingerprint density at radius 1 is 1.28 bits per heavy atom. The molecule has 0 radical (unpaired) electrons. The molecule has 0 aliphatic carbocycles. The third-order valence-corrected chi connectivity index (χ3v) is 2.85. The second kappa shape index (κ2) is 5.33. The topological polar surface area (TPSA) is 52.9 Å². The predicted molar refractivity (Wildman–Crippen MR) is 70.7 cm³/mol. The normalized spacial score (nSPS) is 11.8. The van der Waals surface area contributed by atoms with Gasteiger partial charge in [0.15, 0.2) is 0 Å². The van der Waals surface area contributed by atoms with Crippen LogP contribution in [0.5, 0.6) is 0 Å². The highest BCUT2D eigenvalue weighted by molar-refractivity contribution is 5.83. The number of carbonyl (C=O) groups excluding carboxylic acids is 1. The van der Waals surface area contributed by atoms with Gasteiger partial charge < -0.3 is 5.32 Å². The first-order chi connectivity index (χ1) is 8.70. The molecule has 0 saturated carbocycles. The van der Waals surface area contributed by atoms with Crippen molar-refractivity contribution in [3.05, 3.63) is 48.0 Å². The van der Waals surface area contributed by atoms with Crippen LogP contribution < -0.4 is 5.32 Å². The van der Waals surface area contributed by atoms with Crippen molar-refractivity contribution in [2.45, 2.75) is 19.4 Å². The highest BCUT2D eigenvalue weighted by Crippen LogP contribution is 2.22. The van der Waals surface area contributed by atoms with Crippen LogP contribution in [0.4, 0.5) is 0 Å². The van der Waals surface area contributed by atoms with Crippen molar-refractivity contribution in [1.82, 2.24) is 5.32 Å². The van der Waals surface area contributed by atoms with E-state index in [1.165, 1.54) is 6.92 Å². The van der Waals surface area contributed by atoms with Gasteiger partial charge in [-0.05, 0) is 22.4 Å². The van der Waals surface area contributed by atoms with Gasteiger partial charge in [0.05, 0.1) is 18.5 Å². The lowest BCUT2D eigenvalue weighted by atomic mass is 10.00. The van der Waals surface area contributed by atoms with E-state index in [9.17, 15) is 4.79 Å². The lowest BCUT2D eigenvalue weighted by molar-refractivity contribution is -0.119. The fourth-order valence-corrected chi connectivity index (χ4v) is 2.01. The zero-order valence-electron chi connectivity index (χ0n) is 10.2. The molecule has 2 aromatic carbocycles. The number of rotatable bonds is 3. The quantitative estimate of drug-likeness (QED) is 0.893. The van der Waals surface area contributed by atoms with Crippen molar-refractivity contribution >= 4 is 16.7 Å². The van der Waals surface area contributed by atoms with E-state index < -0.39 is 0 Å². The van der Waals surface area contributed by atoms with Crippen LogP contribution in [-0.2, 0) is 4.79 Å². The third-order valence-electron chi connectivity index (χ3n) is 2.85. The number of benzene rings is 2. The maximum atomic E-state index is 11.1. The molecule has 0 bridgehead atoms. The number of nitriles is 1. The van der Waals surface area contributed by atoms with Crippen molar-refractivity contribution in [3.8, 4) is 6.07 Å². The number of nitrogens with zero attached hydrogens (tertiary/aromatic N) is 1. The van der Waals surface area contributed by atoms with Crippen molar-refractivity contribution in [1.29, 1.82) is 5.26 Å². The van der Waals surface area contributed by atoms with Gasteiger partial charge in [-0.2, -0.15) is 5.26 Å². The first kappa shape index (κ1) is 12.1. The van der Waals surface area contributed by atoms with Gasteiger partial charge in [-0.25, -0.2) is 0 Å². The first-order valence-corrected chi connectivity index (χ1v) is 5.83. The van der Waals surface area contributed by atoms with Crippen molar-refractivity contribution in [3.63, 3.8) is 0 Å². The van der Waals surface area contributed by atoms with E-state index in [-0.39, 0.29) is 18.4 Å². The van der Waals surface area contributed by atoms with Crippen LogP contribution >= 0.6 is 0 Å². The zero-order valence-corrected chi connectivity index (χ0v) is 10.2. The number of carbonyl (C=O) groups is 1. The second-order valence-corrected chi connectivity index (χ2v) is 4.22. The van der Waals surface area contributed by atoms with E-state index in [0.29, 0.717) is 0 Å². The average molecular weight is 238 g/mol. The number of nitrogens with one attached hydrogen (secondary N) is 1. The van der Waals surface area contributed by atoms with E-state index in [1.807, 2.05) is 42.5 Å². The van der Waals surface area contributed by atoms with E-state index in [1.54, 1.807) is 0 Å². The maximum absolute atomic E-state index is 11.1. The van der Waals surface area contributed by atoms with Crippen LogP contribution in [-0.4, -0.2) is 5.91 Å². The SMILES string of the molecule is CC(=O)NC(CC#N)c1ccc2ccccc2c1. The molecule has 0 fully saturated rings. The van der Waals surface area contributed by atoms with Gasteiger partial charge in [0, 0.05) is 6.92 Å². The molecule has 3 heteroatoms. The Morgan fingerprint density at radius 3 is 2.67 bits per heavy atom. The lowest BCUT2D eigenvalue weighted by Crippen LogP contribution is -2.25. The molecule has 1 amide bonds. The number of hydrogen-bond acceptors (Lipinski definition) is 2. The summed E-state index contributed by atoms with van der Waals surface area (Å²) in [5, 5.41) is 13.9. The number of hydrogen-bond donors (Lipinski definition) is 1. The van der Waals surface area contributed by atoms with E-state index >= 15 is 0 Å². The van der Waals surface area contributed by atoms with Gasteiger partial charge in [-0.1, -0.05) is 36.4 Å². The molecule has 1 unspecified atom stereocenters. The fraction of sp³-hybridized carbons (Fsp3) is 0.200. The van der Waals surface area contributed by atoms with Crippen LogP contribution in [0.15, 0.2) is 42.5 Å². The molecule has 90 valence electrons. The van der Waals surface area contributed by atoms with Gasteiger partial charge in [-0.3, -0.25) is 4.79 Å². The average Bonchev–Trinajstić information content (AvgIpc) is 2.37. The van der Waals surface area contributed by atoms with Crippen LogP contribution in [0.2, 0.25) is 0 Å². The summed E-state index contributed by atoms with van der Waals surface area (Å²) in [5.41, 5.74) is 0.963. The van der Waals surface area contributed by atoms with Crippen molar-refractivity contribution < 1.29 is 4.79 Å². The van der Waals surface area contributed by atoms with Gasteiger partial charge in [-0.15, -0.1) is 0 Å². The molecular formula is C15H14N2O. The summed E-state index contributed by atoms with van der Waals surface area (Å²) < 4.78 is 0. The Balaban J connectivity index is 2.38. The molecular weight excluding hydrogens is 224 g/mol. The Kier molecular flexibility index (Phi) is 3.59. The number of fused-ring (bicyclic) bond motifs is 1. The maximum Gasteiger partial charge on any atom is 0.217 e. The van der Waals surface area contributed by atoms with Crippen LogP contribution in [0.25, 0.3) is 10.8 Å². The van der Waals surface area contributed by atoms with Crippen LogP contribution in [0, 0.1) is 11.3 Å². The second-order valence-electron chi connectivity index (χ2n) is 4.22. The molecule has 2 rings (SSSR count). The molecule has 1 atom stereocenters. The molecule has 0 heterocycles. The molecule has 0 spiro atoms. The standard InChI is InChI=1S/C15H14N2O/c1-11(18)17-15(8-9-16)14-7-6-12-4-2-3-5-13(12)10-14/h2-7,10,15H,8H2,1H3,(H,17,18). The summed E-state index contributed by atoms with van der Waals surface area (Å²) in [5.74, 6) is -0.122.